The Morgan fingerprint density at radius 2 is 0.926 bits per heavy atom. The minimum Gasteiger partial charge on any atom is -0.454 e. The topological polar surface area (TPSA) is 173 Å². The predicted octanol–water partition coefficient (Wildman–Crippen LogP) is 7.58. The molecule has 1 N–H and O–H groups in total. The van der Waals surface area contributed by atoms with E-state index in [9.17, 15) is 19.2 Å². The molecule has 1 amide bonds. The van der Waals surface area contributed by atoms with Gasteiger partial charge in [-0.1, -0.05) is 127 Å². The zero-order valence-electron chi connectivity index (χ0n) is 37.5. The van der Waals surface area contributed by atoms with E-state index < -0.39 is 91.3 Å². The van der Waals surface area contributed by atoms with Gasteiger partial charge in [0, 0.05) is 6.54 Å². The Morgan fingerprint density at radius 3 is 1.41 bits per heavy atom. The molecule has 2 heterocycles. The Kier molecular flexibility index (Phi) is 18.5. The zero-order chi connectivity index (χ0) is 47.7. The van der Waals surface area contributed by atoms with Crippen LogP contribution in [-0.4, -0.2) is 104 Å². The first-order valence-corrected chi connectivity index (χ1v) is 22.8. The molecule has 10 atom stereocenters. The fraction of sp³-hybridized carbons (Fsp3) is 0.346. The summed E-state index contributed by atoms with van der Waals surface area (Å²) in [7, 11) is 0. The minimum absolute atomic E-state index is 0.0145. The van der Waals surface area contributed by atoms with Gasteiger partial charge in [0.2, 0.25) is 0 Å². The fourth-order valence-electron chi connectivity index (χ4n) is 7.69. The highest BCUT2D eigenvalue weighted by Gasteiger charge is 2.55. The van der Waals surface area contributed by atoms with Gasteiger partial charge in [-0.15, -0.1) is 11.6 Å². The van der Waals surface area contributed by atoms with Crippen molar-refractivity contribution in [2.45, 2.75) is 95.1 Å². The van der Waals surface area contributed by atoms with Crippen LogP contribution in [0.25, 0.3) is 0 Å². The molecular weight excluding hydrogens is 898 g/mol. The van der Waals surface area contributed by atoms with Gasteiger partial charge >= 0.3 is 24.0 Å². The van der Waals surface area contributed by atoms with Gasteiger partial charge in [-0.2, -0.15) is 0 Å². The van der Waals surface area contributed by atoms with Gasteiger partial charge < -0.3 is 52.7 Å². The summed E-state index contributed by atoms with van der Waals surface area (Å²) >= 11 is 6.03. The van der Waals surface area contributed by atoms with E-state index in [1.54, 1.807) is 74.5 Å². The Hall–Kier alpha value is -6.17. The van der Waals surface area contributed by atoms with Crippen LogP contribution in [0.5, 0.6) is 0 Å². The predicted molar refractivity (Wildman–Crippen MR) is 246 cm³/mol. The maximum atomic E-state index is 14.0. The molecule has 7 rings (SSSR count). The summed E-state index contributed by atoms with van der Waals surface area (Å²) in [5.74, 6) is -2.86. The van der Waals surface area contributed by atoms with E-state index in [1.807, 2.05) is 91.0 Å². The van der Waals surface area contributed by atoms with Gasteiger partial charge in [0.15, 0.2) is 30.9 Å². The second kappa shape index (κ2) is 25.3. The molecule has 15 nitrogen and oxygen atoms in total. The summed E-state index contributed by atoms with van der Waals surface area (Å²) in [4.78, 5) is 53.9. The van der Waals surface area contributed by atoms with Crippen molar-refractivity contribution in [1.82, 2.24) is 5.32 Å². The normalized spacial score (nSPS) is 24.5. The van der Waals surface area contributed by atoms with Crippen molar-refractivity contribution in [2.24, 2.45) is 0 Å². The molecular formula is C52H54ClNO14. The summed E-state index contributed by atoms with van der Waals surface area (Å²) in [6.07, 6.45) is -12.7. The van der Waals surface area contributed by atoms with Gasteiger partial charge in [-0.05, 0) is 54.8 Å². The number of nitrogens with one attached hydrogen (secondary N) is 1. The summed E-state index contributed by atoms with van der Waals surface area (Å²) in [6, 6.07) is 44.5. The Bertz CT molecular complexity index is 2330. The number of carbonyl (C=O) groups excluding carboxylic acids is 4. The molecule has 0 radical (unpaired) electrons. The van der Waals surface area contributed by atoms with Crippen LogP contribution in [0.2, 0.25) is 0 Å². The van der Waals surface area contributed by atoms with Crippen molar-refractivity contribution in [3.05, 3.63) is 179 Å². The van der Waals surface area contributed by atoms with Crippen LogP contribution in [0.3, 0.4) is 0 Å². The SMILES string of the molecule is C[C@@H]1O[C@@H](O[C@@H]2[C@@H](OCc3ccccc3)[C@H](C)O[C@@H](OCCNC(=O)OCc3ccccc3)[C@@H]2OC(=O)c2ccccc2)[C@H](OC(=O)c2ccccc2)[C@H](OC(=O)CCl)[C@H]1OCc1ccccc1. The van der Waals surface area contributed by atoms with Gasteiger partial charge in [-0.3, -0.25) is 4.79 Å². The van der Waals surface area contributed by atoms with E-state index in [4.69, 9.17) is 59.0 Å². The quantitative estimate of drug-likeness (QED) is 0.0350. The molecule has 68 heavy (non-hydrogen) atoms. The summed E-state index contributed by atoms with van der Waals surface area (Å²) in [6.45, 7) is 3.54. The lowest BCUT2D eigenvalue weighted by molar-refractivity contribution is -0.359. The Morgan fingerprint density at radius 1 is 0.500 bits per heavy atom. The second-order valence-corrected chi connectivity index (χ2v) is 16.2. The van der Waals surface area contributed by atoms with E-state index >= 15 is 0 Å². The molecule has 0 saturated carbocycles. The van der Waals surface area contributed by atoms with Crippen LogP contribution in [0.4, 0.5) is 4.79 Å². The zero-order valence-corrected chi connectivity index (χ0v) is 38.3. The largest absolute Gasteiger partial charge is 0.454 e. The van der Waals surface area contributed by atoms with Crippen LogP contribution >= 0.6 is 11.6 Å². The Balaban J connectivity index is 1.21. The average Bonchev–Trinajstić information content (AvgIpc) is 3.37. The maximum Gasteiger partial charge on any atom is 0.407 e. The lowest BCUT2D eigenvalue weighted by Crippen LogP contribution is -2.66. The number of amides is 1. The number of ether oxygens (including phenoxy) is 10. The van der Waals surface area contributed by atoms with Crippen LogP contribution in [0.15, 0.2) is 152 Å². The molecule has 2 fully saturated rings. The summed E-state index contributed by atoms with van der Waals surface area (Å²) in [5.41, 5.74) is 2.87. The van der Waals surface area contributed by atoms with E-state index in [-0.39, 0.29) is 44.1 Å². The van der Waals surface area contributed by atoms with Crippen LogP contribution in [-0.2, 0) is 72.0 Å². The molecule has 5 aromatic rings. The van der Waals surface area contributed by atoms with Gasteiger partial charge in [-0.25, -0.2) is 14.4 Å². The van der Waals surface area contributed by atoms with Crippen LogP contribution < -0.4 is 5.32 Å². The van der Waals surface area contributed by atoms with E-state index in [2.05, 4.69) is 5.32 Å². The monoisotopic (exact) mass is 951 g/mol. The number of hydrogen-bond donors (Lipinski definition) is 1. The van der Waals surface area contributed by atoms with Gasteiger partial charge in [0.25, 0.3) is 0 Å². The molecule has 358 valence electrons. The first-order valence-electron chi connectivity index (χ1n) is 22.3. The van der Waals surface area contributed by atoms with Crippen molar-refractivity contribution in [2.75, 3.05) is 19.0 Å². The number of halogens is 1. The molecule has 0 spiro atoms. The smallest absolute Gasteiger partial charge is 0.407 e. The molecule has 2 saturated heterocycles. The van der Waals surface area contributed by atoms with E-state index in [0.29, 0.717) is 0 Å². The third-order valence-corrected chi connectivity index (χ3v) is 11.3. The van der Waals surface area contributed by atoms with Crippen molar-refractivity contribution in [1.29, 1.82) is 0 Å². The van der Waals surface area contributed by atoms with Crippen molar-refractivity contribution >= 4 is 35.6 Å². The Labute approximate surface area is 399 Å². The number of hydrogen-bond acceptors (Lipinski definition) is 14. The number of carbonyl (C=O) groups is 4. The minimum atomic E-state index is -1.53. The maximum absolute atomic E-state index is 14.0. The molecule has 5 aromatic carbocycles. The molecule has 0 aliphatic carbocycles. The van der Waals surface area contributed by atoms with Crippen molar-refractivity contribution in [3.8, 4) is 0 Å². The van der Waals surface area contributed by atoms with Crippen molar-refractivity contribution < 1.29 is 66.5 Å². The summed E-state index contributed by atoms with van der Waals surface area (Å²) in [5, 5.41) is 2.67. The first kappa shape index (κ1) is 49.7. The number of alkyl carbamates (subject to hydrolysis) is 1. The van der Waals surface area contributed by atoms with E-state index in [0.717, 1.165) is 16.7 Å². The van der Waals surface area contributed by atoms with Gasteiger partial charge in [0.05, 0.1) is 43.2 Å². The molecule has 0 aromatic heterocycles. The van der Waals surface area contributed by atoms with Gasteiger partial charge in [0.1, 0.15) is 30.8 Å². The molecule has 2 aliphatic rings. The highest BCUT2D eigenvalue weighted by molar-refractivity contribution is 6.26. The third-order valence-electron chi connectivity index (χ3n) is 11.1. The highest BCUT2D eigenvalue weighted by Crippen LogP contribution is 2.36. The lowest BCUT2D eigenvalue weighted by atomic mass is 9.96. The van der Waals surface area contributed by atoms with Crippen LogP contribution in [0, 0.1) is 0 Å². The molecule has 0 bridgehead atoms. The van der Waals surface area contributed by atoms with Crippen LogP contribution in [0.1, 0.15) is 51.3 Å². The number of benzene rings is 5. The number of esters is 3. The average molecular weight is 952 g/mol. The standard InChI is InChI=1S/C52H54ClNO14/c1-34-43(61-32-37-20-10-4-11-21-37)45(46(66-48(56)39-24-14-6-15-25-39)50(63-34)59-29-28-54-52(58)62-33-38-22-12-5-13-23-38)68-51-47(67-49(57)40-26-16-7-17-27-40)44(65-41(55)30-53)42(35(2)64-51)60-31-36-18-8-3-9-19-36/h3-27,34-35,42-47,50-51H,28-33H2,1-2H3,(H,54,58)/t34-,35-,42-,43-,44+,45+,46+,47+,50+,51-/m0/s1. The third kappa shape index (κ3) is 14.0. The lowest BCUT2D eigenvalue weighted by Gasteiger charge is -2.48. The molecule has 0 unspecified atom stereocenters. The molecule has 2 aliphatic heterocycles. The molecule has 16 heteroatoms. The van der Waals surface area contributed by atoms with E-state index in [1.165, 1.54) is 0 Å². The fourth-order valence-corrected chi connectivity index (χ4v) is 7.76. The number of alkyl halides is 1. The second-order valence-electron chi connectivity index (χ2n) is 16.0. The summed E-state index contributed by atoms with van der Waals surface area (Å²) < 4.78 is 63.1. The number of rotatable bonds is 20. The van der Waals surface area contributed by atoms with Crippen molar-refractivity contribution in [3.63, 3.8) is 0 Å². The highest BCUT2D eigenvalue weighted by atomic mass is 35.5. The first-order chi connectivity index (χ1) is 33.2.